The first kappa shape index (κ1) is 15.8. The molecule has 0 unspecified atom stereocenters. The van der Waals surface area contributed by atoms with E-state index in [1.165, 1.54) is 6.92 Å². The van der Waals surface area contributed by atoms with Crippen LogP contribution in [0.25, 0.3) is 0 Å². The van der Waals surface area contributed by atoms with E-state index in [2.05, 4.69) is 4.74 Å². The standard InChI is InChI=1S/C12H8F4O4/c1-2-20-11(19)10(18)9-6(5-17)8(13)4-3-7(9)12(14,15)16/h3-5H,2H2,1H3. The molecule has 0 heterocycles. The number of ether oxygens (including phenoxy) is 1. The van der Waals surface area contributed by atoms with Gasteiger partial charge in [0.2, 0.25) is 0 Å². The van der Waals surface area contributed by atoms with Crippen LogP contribution < -0.4 is 0 Å². The number of esters is 1. The highest BCUT2D eigenvalue weighted by atomic mass is 19.4. The number of rotatable bonds is 4. The molecule has 0 atom stereocenters. The van der Waals surface area contributed by atoms with Crippen LogP contribution in [0.2, 0.25) is 0 Å². The largest absolute Gasteiger partial charge is 0.460 e. The Kier molecular flexibility index (Phi) is 4.59. The molecule has 0 N–H and O–H groups in total. The number of hydrogen-bond acceptors (Lipinski definition) is 4. The lowest BCUT2D eigenvalue weighted by Gasteiger charge is -2.13. The first-order valence-electron chi connectivity index (χ1n) is 5.30. The molecular weight excluding hydrogens is 284 g/mol. The Bertz CT molecular complexity index is 563. The second-order valence-electron chi connectivity index (χ2n) is 3.55. The predicted octanol–water partition coefficient (Wildman–Crippen LogP) is 2.40. The number of alkyl halides is 3. The Morgan fingerprint density at radius 1 is 1.30 bits per heavy atom. The Hall–Kier alpha value is -2.25. The molecule has 0 aliphatic carbocycles. The second-order valence-corrected chi connectivity index (χ2v) is 3.55. The van der Waals surface area contributed by atoms with Crippen molar-refractivity contribution >= 4 is 18.0 Å². The van der Waals surface area contributed by atoms with E-state index in [1.807, 2.05) is 0 Å². The highest BCUT2D eigenvalue weighted by Crippen LogP contribution is 2.34. The zero-order valence-electron chi connectivity index (χ0n) is 10.1. The van der Waals surface area contributed by atoms with Gasteiger partial charge in [-0.25, -0.2) is 9.18 Å². The highest BCUT2D eigenvalue weighted by molar-refractivity contribution is 6.42. The number of benzene rings is 1. The first-order chi connectivity index (χ1) is 9.23. The smallest absolute Gasteiger partial charge is 0.417 e. The maximum atomic E-state index is 13.3. The van der Waals surface area contributed by atoms with Gasteiger partial charge in [-0.1, -0.05) is 0 Å². The van der Waals surface area contributed by atoms with Crippen LogP contribution in [0.15, 0.2) is 12.1 Å². The Balaban J connectivity index is 3.55. The van der Waals surface area contributed by atoms with Crippen molar-refractivity contribution in [2.45, 2.75) is 13.1 Å². The van der Waals surface area contributed by atoms with Gasteiger partial charge in [0.25, 0.3) is 5.78 Å². The number of carbonyl (C=O) groups is 3. The minimum absolute atomic E-state index is 0.252. The molecule has 8 heteroatoms. The Labute approximate surface area is 110 Å². The number of Topliss-reactive ketones (excluding diaryl/α,β-unsaturated/α-hetero) is 1. The van der Waals surface area contributed by atoms with Gasteiger partial charge in [0.15, 0.2) is 6.29 Å². The van der Waals surface area contributed by atoms with E-state index in [0.29, 0.717) is 6.07 Å². The van der Waals surface area contributed by atoms with Crippen LogP contribution in [0.1, 0.15) is 33.2 Å². The summed E-state index contributed by atoms with van der Waals surface area (Å²) in [5, 5.41) is 0. The lowest BCUT2D eigenvalue weighted by Crippen LogP contribution is -2.24. The molecule has 1 rings (SSSR count). The molecule has 0 aromatic heterocycles. The topological polar surface area (TPSA) is 60.4 Å². The van der Waals surface area contributed by atoms with Crippen LogP contribution in [0, 0.1) is 5.82 Å². The van der Waals surface area contributed by atoms with Gasteiger partial charge in [-0.05, 0) is 19.1 Å². The molecule has 0 saturated heterocycles. The highest BCUT2D eigenvalue weighted by Gasteiger charge is 2.39. The molecule has 0 spiro atoms. The SMILES string of the molecule is CCOC(=O)C(=O)c1c(C(F)(F)F)ccc(F)c1C=O. The van der Waals surface area contributed by atoms with Gasteiger partial charge in [0.1, 0.15) is 5.82 Å². The number of carbonyl (C=O) groups excluding carboxylic acids is 3. The molecule has 0 radical (unpaired) electrons. The van der Waals surface area contributed by atoms with Crippen molar-refractivity contribution in [2.75, 3.05) is 6.61 Å². The molecule has 108 valence electrons. The summed E-state index contributed by atoms with van der Waals surface area (Å²) in [6.45, 7) is 1.08. The Morgan fingerprint density at radius 2 is 1.90 bits per heavy atom. The Morgan fingerprint density at radius 3 is 2.35 bits per heavy atom. The third-order valence-corrected chi connectivity index (χ3v) is 2.30. The molecule has 0 saturated carbocycles. The van der Waals surface area contributed by atoms with Crippen molar-refractivity contribution < 1.29 is 36.7 Å². The zero-order chi connectivity index (χ0) is 15.5. The molecule has 0 amide bonds. The van der Waals surface area contributed by atoms with Crippen LogP contribution in [0.4, 0.5) is 17.6 Å². The van der Waals surface area contributed by atoms with Gasteiger partial charge in [0.05, 0.1) is 23.3 Å². The van der Waals surface area contributed by atoms with E-state index in [-0.39, 0.29) is 19.0 Å². The minimum Gasteiger partial charge on any atom is -0.460 e. The predicted molar refractivity (Wildman–Crippen MR) is 57.8 cm³/mol. The van der Waals surface area contributed by atoms with Gasteiger partial charge in [-0.3, -0.25) is 9.59 Å². The summed E-state index contributed by atoms with van der Waals surface area (Å²) in [6, 6.07) is 0.684. The number of hydrogen-bond donors (Lipinski definition) is 0. The van der Waals surface area contributed by atoms with Crippen LogP contribution >= 0.6 is 0 Å². The number of ketones is 1. The summed E-state index contributed by atoms with van der Waals surface area (Å²) in [7, 11) is 0. The van der Waals surface area contributed by atoms with E-state index in [0.717, 1.165) is 0 Å². The molecule has 4 nitrogen and oxygen atoms in total. The average molecular weight is 292 g/mol. The van der Waals surface area contributed by atoms with Gasteiger partial charge < -0.3 is 4.74 Å². The van der Waals surface area contributed by atoms with Crippen molar-refractivity contribution in [3.05, 3.63) is 34.6 Å². The third-order valence-electron chi connectivity index (χ3n) is 2.30. The van der Waals surface area contributed by atoms with Gasteiger partial charge >= 0.3 is 12.1 Å². The molecule has 1 aromatic rings. The fourth-order valence-corrected chi connectivity index (χ4v) is 1.49. The lowest BCUT2D eigenvalue weighted by atomic mass is 9.97. The van der Waals surface area contributed by atoms with Crippen LogP contribution in [0.5, 0.6) is 0 Å². The molecule has 20 heavy (non-hydrogen) atoms. The fraction of sp³-hybridized carbons (Fsp3) is 0.250. The van der Waals surface area contributed by atoms with Crippen LogP contribution in [0.3, 0.4) is 0 Å². The average Bonchev–Trinajstić information content (AvgIpc) is 2.36. The third kappa shape index (κ3) is 3.01. The summed E-state index contributed by atoms with van der Waals surface area (Å²) < 4.78 is 55.9. The van der Waals surface area contributed by atoms with E-state index in [4.69, 9.17) is 0 Å². The normalized spacial score (nSPS) is 11.1. The maximum absolute atomic E-state index is 13.3. The van der Waals surface area contributed by atoms with Crippen molar-refractivity contribution in [3.63, 3.8) is 0 Å². The number of aldehydes is 1. The van der Waals surface area contributed by atoms with E-state index < -0.39 is 40.4 Å². The monoisotopic (exact) mass is 292 g/mol. The molecule has 1 aromatic carbocycles. The molecule has 0 bridgehead atoms. The second kappa shape index (κ2) is 5.81. The summed E-state index contributed by atoms with van der Waals surface area (Å²) in [5.74, 6) is -4.65. The van der Waals surface area contributed by atoms with Gasteiger partial charge in [0, 0.05) is 0 Å². The number of halogens is 4. The van der Waals surface area contributed by atoms with Crippen LogP contribution in [-0.2, 0) is 15.7 Å². The first-order valence-corrected chi connectivity index (χ1v) is 5.30. The van der Waals surface area contributed by atoms with Gasteiger partial charge in [-0.15, -0.1) is 0 Å². The van der Waals surface area contributed by atoms with E-state index in [1.54, 1.807) is 0 Å². The van der Waals surface area contributed by atoms with Crippen molar-refractivity contribution in [1.29, 1.82) is 0 Å². The van der Waals surface area contributed by atoms with Crippen LogP contribution in [-0.4, -0.2) is 24.6 Å². The fourth-order valence-electron chi connectivity index (χ4n) is 1.49. The molecule has 0 fully saturated rings. The summed E-state index contributed by atoms with van der Waals surface area (Å²) in [4.78, 5) is 33.6. The quantitative estimate of drug-likeness (QED) is 0.281. The molecular formula is C12H8F4O4. The van der Waals surface area contributed by atoms with Crippen molar-refractivity contribution in [1.82, 2.24) is 0 Å². The summed E-state index contributed by atoms with van der Waals surface area (Å²) in [6.07, 6.45) is -5.28. The van der Waals surface area contributed by atoms with E-state index in [9.17, 15) is 31.9 Å². The maximum Gasteiger partial charge on any atom is 0.417 e. The molecule has 0 aliphatic heterocycles. The molecule has 0 aliphatic rings. The van der Waals surface area contributed by atoms with Crippen molar-refractivity contribution in [2.24, 2.45) is 0 Å². The summed E-state index contributed by atoms with van der Waals surface area (Å²) in [5.41, 5.74) is -4.04. The van der Waals surface area contributed by atoms with E-state index >= 15 is 0 Å². The summed E-state index contributed by atoms with van der Waals surface area (Å²) >= 11 is 0. The minimum atomic E-state index is -5.02. The van der Waals surface area contributed by atoms with Crippen molar-refractivity contribution in [3.8, 4) is 0 Å². The zero-order valence-corrected chi connectivity index (χ0v) is 10.1. The lowest BCUT2D eigenvalue weighted by molar-refractivity contribution is -0.139. The van der Waals surface area contributed by atoms with Gasteiger partial charge in [-0.2, -0.15) is 13.2 Å².